The van der Waals surface area contributed by atoms with E-state index in [2.05, 4.69) is 26.2 Å². The summed E-state index contributed by atoms with van der Waals surface area (Å²) in [5.74, 6) is 0. The van der Waals surface area contributed by atoms with Gasteiger partial charge in [-0.15, -0.1) is 5.10 Å². The summed E-state index contributed by atoms with van der Waals surface area (Å²) < 4.78 is 1.99. The summed E-state index contributed by atoms with van der Waals surface area (Å²) in [6, 6.07) is 3.09. The Labute approximate surface area is 130 Å². The smallest absolute Gasteiger partial charge is 0.296 e. The predicted molar refractivity (Wildman–Crippen MR) is 82.3 cm³/mol. The fourth-order valence-corrected chi connectivity index (χ4v) is 2.84. The Balaban J connectivity index is 2.49. The molecule has 0 aliphatic heterocycles. The lowest BCUT2D eigenvalue weighted by Gasteiger charge is -2.07. The topological polar surface area (TPSA) is 99.9 Å². The van der Waals surface area contributed by atoms with Gasteiger partial charge in [0.05, 0.1) is 27.3 Å². The molecule has 2 aromatic rings. The number of aryl methyl sites for hydroxylation is 1. The molecule has 1 heterocycles. The van der Waals surface area contributed by atoms with Crippen molar-refractivity contribution >= 4 is 21.6 Å². The van der Waals surface area contributed by atoms with E-state index in [4.69, 9.17) is 5.73 Å². The van der Waals surface area contributed by atoms with E-state index >= 15 is 0 Å². The van der Waals surface area contributed by atoms with Crippen molar-refractivity contribution in [1.29, 1.82) is 0 Å². The zero-order valence-electron chi connectivity index (χ0n) is 11.8. The summed E-state index contributed by atoms with van der Waals surface area (Å²) in [7, 11) is 0. The fourth-order valence-electron chi connectivity index (χ4n) is 2.10. The molecule has 7 nitrogen and oxygen atoms in total. The third-order valence-corrected chi connectivity index (χ3v) is 3.71. The molecule has 8 heteroatoms. The lowest BCUT2D eigenvalue weighted by atomic mass is 10.1. The summed E-state index contributed by atoms with van der Waals surface area (Å²) in [5.41, 5.74) is 7.74. The Hall–Kier alpha value is -1.80. The molecule has 2 rings (SSSR count). The number of nitro groups is 1. The second-order valence-corrected chi connectivity index (χ2v) is 5.71. The van der Waals surface area contributed by atoms with Crippen LogP contribution in [0.15, 0.2) is 22.8 Å². The highest BCUT2D eigenvalue weighted by Gasteiger charge is 2.21. The van der Waals surface area contributed by atoms with E-state index in [1.165, 1.54) is 10.7 Å². The van der Waals surface area contributed by atoms with Crippen LogP contribution in [-0.2, 0) is 0 Å². The van der Waals surface area contributed by atoms with Crippen LogP contribution in [0.4, 0.5) is 5.69 Å². The third-order valence-electron chi connectivity index (χ3n) is 3.10. The van der Waals surface area contributed by atoms with Gasteiger partial charge in [-0.1, -0.05) is 18.6 Å². The van der Waals surface area contributed by atoms with Gasteiger partial charge in [-0.25, -0.2) is 4.68 Å². The Kier molecular flexibility index (Phi) is 4.69. The van der Waals surface area contributed by atoms with E-state index in [9.17, 15) is 10.1 Å². The number of nitrogens with two attached hydrogens (primary N) is 1. The first-order valence-electron chi connectivity index (χ1n) is 6.56. The molecule has 0 radical (unpaired) electrons. The van der Waals surface area contributed by atoms with Crippen LogP contribution in [0.1, 0.15) is 37.1 Å². The predicted octanol–water partition coefficient (Wildman–Crippen LogP) is 3.05. The van der Waals surface area contributed by atoms with Gasteiger partial charge in [0.2, 0.25) is 0 Å². The van der Waals surface area contributed by atoms with Crippen LogP contribution in [0, 0.1) is 17.0 Å². The minimum Gasteiger partial charge on any atom is -0.323 e. The summed E-state index contributed by atoms with van der Waals surface area (Å²) in [4.78, 5) is 10.8. The van der Waals surface area contributed by atoms with E-state index < -0.39 is 4.92 Å². The molecule has 0 fully saturated rings. The maximum Gasteiger partial charge on any atom is 0.296 e. The van der Waals surface area contributed by atoms with Gasteiger partial charge in [0.1, 0.15) is 0 Å². The van der Waals surface area contributed by atoms with Crippen molar-refractivity contribution in [3.05, 3.63) is 44.2 Å². The Morgan fingerprint density at radius 1 is 1.52 bits per heavy atom. The van der Waals surface area contributed by atoms with Crippen molar-refractivity contribution < 1.29 is 4.92 Å². The van der Waals surface area contributed by atoms with Gasteiger partial charge in [-0.05, 0) is 40.9 Å². The molecule has 1 unspecified atom stereocenters. The molecule has 0 amide bonds. The normalized spacial score (nSPS) is 12.4. The first-order chi connectivity index (χ1) is 9.93. The van der Waals surface area contributed by atoms with Crippen LogP contribution in [0.5, 0.6) is 0 Å². The van der Waals surface area contributed by atoms with Crippen molar-refractivity contribution in [2.24, 2.45) is 5.73 Å². The van der Waals surface area contributed by atoms with E-state index in [0.29, 0.717) is 15.9 Å². The second-order valence-electron chi connectivity index (χ2n) is 4.85. The van der Waals surface area contributed by atoms with Crippen LogP contribution in [0.25, 0.3) is 5.69 Å². The number of benzene rings is 1. The van der Waals surface area contributed by atoms with Crippen LogP contribution >= 0.6 is 15.9 Å². The highest BCUT2D eigenvalue weighted by Crippen LogP contribution is 2.32. The van der Waals surface area contributed by atoms with Crippen LogP contribution in [0.2, 0.25) is 0 Å². The Morgan fingerprint density at radius 2 is 2.24 bits per heavy atom. The lowest BCUT2D eigenvalue weighted by Crippen LogP contribution is -2.10. The van der Waals surface area contributed by atoms with E-state index in [-0.39, 0.29) is 11.7 Å². The maximum atomic E-state index is 11.2. The average Bonchev–Trinajstić information content (AvgIpc) is 2.87. The number of aromatic nitrogens is 3. The molecule has 0 aliphatic rings. The molecule has 21 heavy (non-hydrogen) atoms. The van der Waals surface area contributed by atoms with Gasteiger partial charge in [0.25, 0.3) is 5.69 Å². The minimum atomic E-state index is -0.430. The number of hydrogen-bond donors (Lipinski definition) is 1. The molecule has 0 saturated heterocycles. The van der Waals surface area contributed by atoms with Crippen LogP contribution in [-0.4, -0.2) is 19.9 Å². The van der Waals surface area contributed by atoms with Crippen molar-refractivity contribution in [3.63, 3.8) is 0 Å². The number of nitro benzene ring substituents is 1. The molecular weight excluding hydrogens is 338 g/mol. The molecule has 112 valence electrons. The van der Waals surface area contributed by atoms with Crippen LogP contribution in [0.3, 0.4) is 0 Å². The van der Waals surface area contributed by atoms with Crippen molar-refractivity contribution in [3.8, 4) is 5.69 Å². The Bertz CT molecular complexity index is 671. The zero-order valence-corrected chi connectivity index (χ0v) is 13.4. The standard InChI is InChI=1S/C13H16BrN5O2/c1-3-4-10(15)11-7-18(17-16-11)13-9(14)5-8(2)6-12(13)19(20)21/h5-7,10H,3-4,15H2,1-2H3. The van der Waals surface area contributed by atoms with Crippen LogP contribution < -0.4 is 5.73 Å². The molecule has 0 bridgehead atoms. The van der Waals surface area contributed by atoms with Gasteiger partial charge in [0.15, 0.2) is 5.69 Å². The van der Waals surface area contributed by atoms with E-state index in [1.807, 2.05) is 6.92 Å². The van der Waals surface area contributed by atoms with Gasteiger partial charge >= 0.3 is 0 Å². The van der Waals surface area contributed by atoms with Gasteiger partial charge in [0, 0.05) is 6.07 Å². The van der Waals surface area contributed by atoms with E-state index in [1.54, 1.807) is 19.2 Å². The van der Waals surface area contributed by atoms with Crippen molar-refractivity contribution in [2.45, 2.75) is 32.7 Å². The second kappa shape index (κ2) is 6.31. The Morgan fingerprint density at radius 3 is 2.86 bits per heavy atom. The first-order valence-corrected chi connectivity index (χ1v) is 7.36. The summed E-state index contributed by atoms with van der Waals surface area (Å²) >= 11 is 3.36. The molecule has 1 aromatic heterocycles. The van der Waals surface area contributed by atoms with Crippen molar-refractivity contribution in [2.75, 3.05) is 0 Å². The molecule has 0 spiro atoms. The molecular formula is C13H16BrN5O2. The van der Waals surface area contributed by atoms with Gasteiger partial charge in [-0.2, -0.15) is 0 Å². The minimum absolute atomic E-state index is 0.0256. The van der Waals surface area contributed by atoms with Gasteiger partial charge < -0.3 is 5.73 Å². The summed E-state index contributed by atoms with van der Waals surface area (Å²) in [5, 5.41) is 19.2. The highest BCUT2D eigenvalue weighted by atomic mass is 79.9. The first kappa shape index (κ1) is 15.6. The molecule has 2 N–H and O–H groups in total. The summed E-state index contributed by atoms with van der Waals surface area (Å²) in [6.45, 7) is 3.83. The number of halogens is 1. The van der Waals surface area contributed by atoms with Gasteiger partial charge in [-0.3, -0.25) is 10.1 Å². The highest BCUT2D eigenvalue weighted by molar-refractivity contribution is 9.10. The molecule has 1 atom stereocenters. The molecule has 0 aliphatic carbocycles. The largest absolute Gasteiger partial charge is 0.323 e. The maximum absolute atomic E-state index is 11.2. The average molecular weight is 354 g/mol. The SMILES string of the molecule is CCCC(N)c1cn(-c2c(Br)cc(C)cc2[N+](=O)[O-])nn1. The van der Waals surface area contributed by atoms with Crippen molar-refractivity contribution in [1.82, 2.24) is 15.0 Å². The van der Waals surface area contributed by atoms with E-state index in [0.717, 1.165) is 18.4 Å². The number of hydrogen-bond acceptors (Lipinski definition) is 5. The monoisotopic (exact) mass is 353 g/mol. The summed E-state index contributed by atoms with van der Waals surface area (Å²) in [6.07, 6.45) is 3.36. The molecule has 0 saturated carbocycles. The third kappa shape index (κ3) is 3.27. The molecule has 1 aromatic carbocycles. The lowest BCUT2D eigenvalue weighted by molar-refractivity contribution is -0.384. The quantitative estimate of drug-likeness (QED) is 0.657. The zero-order chi connectivity index (χ0) is 15.6. The number of nitrogens with zero attached hydrogens (tertiary/aromatic N) is 4. The number of rotatable bonds is 5. The fraction of sp³-hybridized carbons (Fsp3) is 0.385.